The molecule has 0 spiro atoms. The number of amides is 1. The number of methoxy groups -OCH3 is 2. The molecule has 196 valence electrons. The van der Waals surface area contributed by atoms with Crippen molar-refractivity contribution in [2.24, 2.45) is 5.92 Å². The molecule has 0 aliphatic carbocycles. The molecule has 0 aromatic carbocycles. The Labute approximate surface area is 216 Å². The van der Waals surface area contributed by atoms with E-state index in [4.69, 9.17) is 4.74 Å². The number of ether oxygens (including phenoxy) is 2. The molecule has 0 saturated heterocycles. The Balaban J connectivity index is 2.15. The second-order valence-corrected chi connectivity index (χ2v) is 11.4. The van der Waals surface area contributed by atoms with E-state index in [9.17, 15) is 27.6 Å². The van der Waals surface area contributed by atoms with Gasteiger partial charge in [-0.15, -0.1) is 0 Å². The van der Waals surface area contributed by atoms with Gasteiger partial charge in [-0.25, -0.2) is 13.4 Å². The smallest absolute Gasteiger partial charge is 0.324 e. The maximum atomic E-state index is 13.0. The first-order chi connectivity index (χ1) is 17.0. The van der Waals surface area contributed by atoms with E-state index in [2.05, 4.69) is 24.7 Å². The number of Topliss-reactive ketones (excluding diaryl/α,β-unsaturated/α-hetero) is 1. The first-order valence-corrected chi connectivity index (χ1v) is 13.9. The van der Waals surface area contributed by atoms with Crippen molar-refractivity contribution >= 4 is 61.9 Å². The average molecular weight is 559 g/mol. The molecule has 2 aromatic rings. The van der Waals surface area contributed by atoms with Crippen molar-refractivity contribution in [1.29, 1.82) is 0 Å². The number of hydrogen-bond acceptors (Lipinski definition) is 12. The lowest BCUT2D eigenvalue weighted by atomic mass is 9.97. The van der Waals surface area contributed by atoms with E-state index in [1.165, 1.54) is 33.4 Å². The summed E-state index contributed by atoms with van der Waals surface area (Å²) in [7, 11) is -1.87. The number of ketones is 1. The van der Waals surface area contributed by atoms with Crippen molar-refractivity contribution in [1.82, 2.24) is 14.7 Å². The van der Waals surface area contributed by atoms with Gasteiger partial charge in [0.25, 0.3) is 10.0 Å². The lowest BCUT2D eigenvalue weighted by Gasteiger charge is -2.18. The number of rotatable bonds is 13. The van der Waals surface area contributed by atoms with Crippen LogP contribution in [-0.4, -0.2) is 73.8 Å². The van der Waals surface area contributed by atoms with Crippen LogP contribution in [-0.2, 0) is 33.9 Å². The Bertz CT molecular complexity index is 1200. The number of esters is 2. The topological polar surface area (TPSA) is 171 Å². The molecule has 2 N–H and O–H groups in total. The average Bonchev–Trinajstić information content (AvgIpc) is 3.22. The molecule has 0 bridgehead atoms. The molecule has 0 aliphatic heterocycles. The normalized spacial score (nSPS) is 12.9. The maximum absolute atomic E-state index is 13.0. The fourth-order valence-electron chi connectivity index (χ4n) is 2.95. The van der Waals surface area contributed by atoms with E-state index in [1.54, 1.807) is 12.1 Å². The molecule has 0 saturated carbocycles. The van der Waals surface area contributed by atoms with Crippen molar-refractivity contribution in [3.63, 3.8) is 0 Å². The van der Waals surface area contributed by atoms with Crippen molar-refractivity contribution in [3.8, 4) is 0 Å². The summed E-state index contributed by atoms with van der Waals surface area (Å²) < 4.78 is 37.5. The lowest BCUT2D eigenvalue weighted by molar-refractivity contribution is -0.142. The lowest BCUT2D eigenvalue weighted by Crippen LogP contribution is -2.43. The van der Waals surface area contributed by atoms with Crippen LogP contribution in [0.1, 0.15) is 29.4 Å². The van der Waals surface area contributed by atoms with Crippen molar-refractivity contribution in [2.75, 3.05) is 31.0 Å². The molecule has 2 atom stereocenters. The number of nitrogens with zero attached hydrogens (tertiary/aromatic N) is 2. The summed E-state index contributed by atoms with van der Waals surface area (Å²) >= 11 is 1.84. The minimum atomic E-state index is -4.20. The fraction of sp³-hybridized carbons (Fsp3) is 0.429. The second kappa shape index (κ2) is 13.4. The number of carbonyl (C=O) groups excluding carboxylic acids is 4. The zero-order valence-electron chi connectivity index (χ0n) is 20.0. The van der Waals surface area contributed by atoms with E-state index >= 15 is 0 Å². The van der Waals surface area contributed by atoms with Crippen molar-refractivity contribution < 1.29 is 37.1 Å². The minimum absolute atomic E-state index is 0.0830. The molecule has 2 heterocycles. The molecule has 0 fully saturated rings. The first-order valence-electron chi connectivity index (χ1n) is 10.4. The third-order valence-corrected chi connectivity index (χ3v) is 8.99. The Morgan fingerprint density at radius 3 is 2.47 bits per heavy atom. The van der Waals surface area contributed by atoms with Gasteiger partial charge >= 0.3 is 11.9 Å². The molecule has 36 heavy (non-hydrogen) atoms. The molecule has 2 aromatic heterocycles. The Morgan fingerprint density at radius 1 is 1.17 bits per heavy atom. The van der Waals surface area contributed by atoms with Crippen LogP contribution in [0.4, 0.5) is 5.13 Å². The number of anilines is 1. The summed E-state index contributed by atoms with van der Waals surface area (Å²) in [6.45, 7) is 2.72. The summed E-state index contributed by atoms with van der Waals surface area (Å²) in [6, 6.07) is 1.88. The summed E-state index contributed by atoms with van der Waals surface area (Å²) in [5.74, 6) is -2.93. The van der Waals surface area contributed by atoms with Crippen LogP contribution in [0.15, 0.2) is 28.7 Å². The van der Waals surface area contributed by atoms with Crippen LogP contribution in [0.25, 0.3) is 0 Å². The van der Waals surface area contributed by atoms with E-state index in [-0.39, 0.29) is 38.7 Å². The first kappa shape index (κ1) is 29.4. The monoisotopic (exact) mass is 558 g/mol. The number of sulfonamides is 1. The molecule has 0 radical (unpaired) electrons. The number of aryl methyl sites for hydroxylation is 1. The SMILES string of the molecule is COC(=O)CC(CSCC(NS(=O)(=O)c1sc(NC(C)=O)nc1C)C(=O)OC)C(=O)c1cccnc1. The predicted octanol–water partition coefficient (Wildman–Crippen LogP) is 1.42. The number of thioether (sulfide) groups is 1. The maximum Gasteiger partial charge on any atom is 0.324 e. The molecule has 0 aliphatic rings. The van der Waals surface area contributed by atoms with Crippen LogP contribution >= 0.6 is 23.1 Å². The van der Waals surface area contributed by atoms with Crippen LogP contribution in [0.5, 0.6) is 0 Å². The van der Waals surface area contributed by atoms with E-state index in [0.717, 1.165) is 30.2 Å². The van der Waals surface area contributed by atoms with Crippen molar-refractivity contribution in [3.05, 3.63) is 35.8 Å². The molecular weight excluding hydrogens is 532 g/mol. The van der Waals surface area contributed by atoms with Gasteiger partial charge in [0.05, 0.1) is 26.3 Å². The van der Waals surface area contributed by atoms with Crippen molar-refractivity contribution in [2.45, 2.75) is 30.5 Å². The van der Waals surface area contributed by atoms with E-state index in [1.807, 2.05) is 0 Å². The van der Waals surface area contributed by atoms with Gasteiger partial charge in [0, 0.05) is 42.3 Å². The predicted molar refractivity (Wildman–Crippen MR) is 133 cm³/mol. The third-order valence-electron chi connectivity index (χ3n) is 4.63. The summed E-state index contributed by atoms with van der Waals surface area (Å²) in [4.78, 5) is 56.3. The van der Waals surface area contributed by atoms with Crippen LogP contribution in [0.3, 0.4) is 0 Å². The van der Waals surface area contributed by atoms with E-state index in [0.29, 0.717) is 5.56 Å². The van der Waals surface area contributed by atoms with Gasteiger partial charge < -0.3 is 14.8 Å². The quantitative estimate of drug-likeness (QED) is 0.269. The standard InChI is InChI=1S/C21H26N4O8S3/c1-12-20(35-21(23-12)24-13(2)26)36(30,31)25-16(19(29)33-4)11-34-10-15(8-17(27)32-3)18(28)14-6-5-7-22-9-14/h5-7,9,15-16,25H,8,10-11H2,1-4H3,(H,23,24,26). The highest BCUT2D eigenvalue weighted by atomic mass is 32.2. The van der Waals surface area contributed by atoms with Crippen LogP contribution < -0.4 is 10.0 Å². The van der Waals surface area contributed by atoms with Gasteiger partial charge in [-0.3, -0.25) is 24.2 Å². The fourth-order valence-corrected chi connectivity index (χ4v) is 6.87. The Morgan fingerprint density at radius 2 is 1.89 bits per heavy atom. The third kappa shape index (κ3) is 8.36. The number of carbonyl (C=O) groups is 4. The second-order valence-electron chi connectivity index (χ2n) is 7.39. The van der Waals surface area contributed by atoms with Crippen LogP contribution in [0.2, 0.25) is 0 Å². The number of hydrogen-bond donors (Lipinski definition) is 2. The van der Waals surface area contributed by atoms with Gasteiger partial charge in [-0.05, 0) is 19.1 Å². The van der Waals surface area contributed by atoms with Gasteiger partial charge in [0.2, 0.25) is 5.91 Å². The zero-order valence-corrected chi connectivity index (χ0v) is 22.4. The summed E-state index contributed by atoms with van der Waals surface area (Å²) in [5, 5.41) is 2.52. The largest absolute Gasteiger partial charge is 0.469 e. The van der Waals surface area contributed by atoms with Gasteiger partial charge in [-0.1, -0.05) is 11.3 Å². The highest BCUT2D eigenvalue weighted by Gasteiger charge is 2.31. The molecule has 15 heteroatoms. The minimum Gasteiger partial charge on any atom is -0.469 e. The van der Waals surface area contributed by atoms with Crippen LogP contribution in [0, 0.1) is 12.8 Å². The summed E-state index contributed by atoms with van der Waals surface area (Å²) in [5.41, 5.74) is 0.459. The van der Waals surface area contributed by atoms with Gasteiger partial charge in [0.15, 0.2) is 15.1 Å². The molecule has 1 amide bonds. The zero-order chi connectivity index (χ0) is 26.9. The number of pyridine rings is 1. The molecular formula is C21H26N4O8S3. The van der Waals surface area contributed by atoms with Gasteiger partial charge in [0.1, 0.15) is 6.04 Å². The van der Waals surface area contributed by atoms with Gasteiger partial charge in [-0.2, -0.15) is 16.5 Å². The molecule has 2 rings (SSSR count). The van der Waals surface area contributed by atoms with E-state index < -0.39 is 39.8 Å². The highest BCUT2D eigenvalue weighted by Crippen LogP contribution is 2.27. The highest BCUT2D eigenvalue weighted by molar-refractivity contribution is 7.99. The molecule has 2 unspecified atom stereocenters. The Kier molecular flexibility index (Phi) is 11.0. The molecule has 12 nitrogen and oxygen atoms in total. The summed E-state index contributed by atoms with van der Waals surface area (Å²) in [6.07, 6.45) is 2.70. The number of thiazole rings is 1. The number of aromatic nitrogens is 2. The number of nitrogens with one attached hydrogen (secondary N) is 2. The Hall–Kier alpha value is -2.88.